The van der Waals surface area contributed by atoms with Gasteiger partial charge in [-0.2, -0.15) is 0 Å². The Hall–Kier alpha value is -3.26. The molecule has 3 N–H and O–H groups in total. The molecule has 158 valence electrons. The van der Waals surface area contributed by atoms with Crippen LogP contribution >= 0.6 is 12.2 Å². The summed E-state index contributed by atoms with van der Waals surface area (Å²) in [4.78, 5) is 13.2. The van der Waals surface area contributed by atoms with E-state index in [0.717, 1.165) is 11.3 Å². The van der Waals surface area contributed by atoms with Crippen LogP contribution in [0.1, 0.15) is 25.5 Å². The van der Waals surface area contributed by atoms with Crippen LogP contribution in [0.25, 0.3) is 0 Å². The van der Waals surface area contributed by atoms with Gasteiger partial charge in [0.05, 0.1) is 32.4 Å². The molecule has 0 bridgehead atoms. The number of carbonyl (C=O) groups is 1. The molecule has 0 aliphatic carbocycles. The zero-order chi connectivity index (χ0) is 21.7. The zero-order valence-electron chi connectivity index (χ0n) is 17.4. The molecule has 0 fully saturated rings. The molecule has 0 radical (unpaired) electrons. The summed E-state index contributed by atoms with van der Waals surface area (Å²) in [6.45, 7) is 4.33. The fourth-order valence-corrected chi connectivity index (χ4v) is 3.56. The molecule has 1 heterocycles. The van der Waals surface area contributed by atoms with Gasteiger partial charge < -0.3 is 30.2 Å². The zero-order valence-corrected chi connectivity index (χ0v) is 18.2. The maximum atomic E-state index is 13.2. The summed E-state index contributed by atoms with van der Waals surface area (Å²) in [6.07, 6.45) is 0. The van der Waals surface area contributed by atoms with Crippen molar-refractivity contribution in [1.29, 1.82) is 0 Å². The van der Waals surface area contributed by atoms with Crippen molar-refractivity contribution in [2.24, 2.45) is 0 Å². The van der Waals surface area contributed by atoms with Gasteiger partial charge >= 0.3 is 0 Å². The number of hydrogen-bond acceptors (Lipinski definition) is 5. The molecule has 1 aliphatic rings. The number of ether oxygens (including phenoxy) is 3. The summed E-state index contributed by atoms with van der Waals surface area (Å²) in [5.74, 6) is 1.75. The van der Waals surface area contributed by atoms with Gasteiger partial charge in [0.25, 0.3) is 5.91 Å². The fraction of sp³-hybridized carbons (Fsp3) is 0.273. The van der Waals surface area contributed by atoms with Crippen molar-refractivity contribution in [3.63, 3.8) is 0 Å². The highest BCUT2D eigenvalue weighted by molar-refractivity contribution is 7.80. The van der Waals surface area contributed by atoms with Crippen LogP contribution in [0.4, 0.5) is 5.69 Å². The molecule has 3 rings (SSSR count). The molecule has 0 unspecified atom stereocenters. The Labute approximate surface area is 181 Å². The van der Waals surface area contributed by atoms with Gasteiger partial charge in [0.2, 0.25) is 0 Å². The quantitative estimate of drug-likeness (QED) is 0.583. The van der Waals surface area contributed by atoms with Crippen molar-refractivity contribution in [2.75, 3.05) is 26.1 Å². The van der Waals surface area contributed by atoms with Gasteiger partial charge in [-0.25, -0.2) is 0 Å². The van der Waals surface area contributed by atoms with Crippen molar-refractivity contribution >= 4 is 28.9 Å². The Morgan fingerprint density at radius 3 is 2.43 bits per heavy atom. The van der Waals surface area contributed by atoms with E-state index >= 15 is 0 Å². The number of anilines is 1. The molecule has 0 saturated heterocycles. The van der Waals surface area contributed by atoms with Crippen molar-refractivity contribution in [2.45, 2.75) is 19.9 Å². The maximum Gasteiger partial charge on any atom is 0.255 e. The molecule has 1 aliphatic heterocycles. The van der Waals surface area contributed by atoms with Crippen molar-refractivity contribution < 1.29 is 19.0 Å². The topological polar surface area (TPSA) is 80.9 Å². The minimum atomic E-state index is -0.484. The number of carbonyl (C=O) groups excluding carboxylic acids is 1. The van der Waals surface area contributed by atoms with Gasteiger partial charge in [0.1, 0.15) is 17.2 Å². The summed E-state index contributed by atoms with van der Waals surface area (Å²) in [7, 11) is 3.17. The highest BCUT2D eigenvalue weighted by Gasteiger charge is 2.32. The SMILES string of the molecule is CCOc1ccc(NC(=O)C2=C(C)NC(=S)N[C@@H]2c2ccc(OC)cc2OC)cc1. The normalized spacial score (nSPS) is 15.7. The molecular formula is C22H25N3O4S. The Bertz CT molecular complexity index is 973. The summed E-state index contributed by atoms with van der Waals surface area (Å²) < 4.78 is 16.3. The van der Waals surface area contributed by atoms with Crippen LogP contribution in [0.15, 0.2) is 53.7 Å². The number of amides is 1. The summed E-state index contributed by atoms with van der Waals surface area (Å²) in [5.41, 5.74) is 2.63. The average molecular weight is 428 g/mol. The highest BCUT2D eigenvalue weighted by Crippen LogP contribution is 2.35. The van der Waals surface area contributed by atoms with Crippen molar-refractivity contribution in [3.8, 4) is 17.2 Å². The second-order valence-electron chi connectivity index (χ2n) is 6.59. The second kappa shape index (κ2) is 9.49. The average Bonchev–Trinajstić information content (AvgIpc) is 2.74. The summed E-state index contributed by atoms with van der Waals surface area (Å²) in [5, 5.41) is 9.60. The molecule has 2 aromatic rings. The van der Waals surface area contributed by atoms with Crippen molar-refractivity contribution in [1.82, 2.24) is 10.6 Å². The van der Waals surface area contributed by atoms with Gasteiger partial charge in [-0.15, -0.1) is 0 Å². The Balaban J connectivity index is 1.93. The first-order chi connectivity index (χ1) is 14.5. The third-order valence-electron chi connectivity index (χ3n) is 4.69. The lowest BCUT2D eigenvalue weighted by atomic mass is 9.94. The maximum absolute atomic E-state index is 13.2. The van der Waals surface area contributed by atoms with Gasteiger partial charge in [-0.1, -0.05) is 0 Å². The van der Waals surface area contributed by atoms with Crippen LogP contribution in [-0.2, 0) is 4.79 Å². The van der Waals surface area contributed by atoms with Crippen LogP contribution in [0, 0.1) is 0 Å². The van der Waals surface area contributed by atoms with E-state index in [9.17, 15) is 4.79 Å². The third kappa shape index (κ3) is 4.65. The molecule has 8 heteroatoms. The largest absolute Gasteiger partial charge is 0.497 e. The number of allylic oxidation sites excluding steroid dienone is 1. The molecular weight excluding hydrogens is 402 g/mol. The molecule has 0 spiro atoms. The number of methoxy groups -OCH3 is 2. The monoisotopic (exact) mass is 427 g/mol. The molecule has 1 atom stereocenters. The second-order valence-corrected chi connectivity index (χ2v) is 7.00. The van der Waals surface area contributed by atoms with Gasteiger partial charge in [0, 0.05) is 23.0 Å². The lowest BCUT2D eigenvalue weighted by molar-refractivity contribution is -0.113. The van der Waals surface area contributed by atoms with E-state index in [1.807, 2.05) is 38.1 Å². The number of hydrogen-bond donors (Lipinski definition) is 3. The van der Waals surface area contributed by atoms with Gasteiger partial charge in [-0.3, -0.25) is 4.79 Å². The van der Waals surface area contributed by atoms with Crippen LogP contribution in [0.5, 0.6) is 17.2 Å². The Kier molecular flexibility index (Phi) is 6.79. The van der Waals surface area contributed by atoms with Crippen LogP contribution < -0.4 is 30.2 Å². The number of nitrogens with one attached hydrogen (secondary N) is 3. The number of rotatable bonds is 7. The third-order valence-corrected chi connectivity index (χ3v) is 4.91. The standard InChI is InChI=1S/C22H25N3O4S/c1-5-29-15-8-6-14(7-9-15)24-21(26)19-13(2)23-22(30)25-20(19)17-11-10-16(27-3)12-18(17)28-4/h6-12,20H,5H2,1-4H3,(H,24,26)(H2,23,25,30)/t20-/m1/s1. The Morgan fingerprint density at radius 2 is 1.80 bits per heavy atom. The van der Waals surface area contributed by atoms with Gasteiger partial charge in [0.15, 0.2) is 5.11 Å². The number of benzene rings is 2. The first-order valence-electron chi connectivity index (χ1n) is 9.51. The molecule has 0 saturated carbocycles. The smallest absolute Gasteiger partial charge is 0.255 e. The van der Waals surface area contributed by atoms with E-state index in [2.05, 4.69) is 16.0 Å². The Morgan fingerprint density at radius 1 is 1.10 bits per heavy atom. The minimum absolute atomic E-state index is 0.248. The summed E-state index contributed by atoms with van der Waals surface area (Å²) >= 11 is 5.33. The van der Waals surface area contributed by atoms with E-state index in [4.69, 9.17) is 26.4 Å². The van der Waals surface area contributed by atoms with E-state index in [1.54, 1.807) is 32.4 Å². The lowest BCUT2D eigenvalue weighted by Crippen LogP contribution is -2.45. The van der Waals surface area contributed by atoms with E-state index in [0.29, 0.717) is 40.2 Å². The molecule has 0 aromatic heterocycles. The first kappa shape index (κ1) is 21.4. The van der Waals surface area contributed by atoms with E-state index in [-0.39, 0.29) is 5.91 Å². The molecule has 2 aromatic carbocycles. The predicted molar refractivity (Wildman–Crippen MR) is 120 cm³/mol. The van der Waals surface area contributed by atoms with E-state index < -0.39 is 6.04 Å². The summed E-state index contributed by atoms with van der Waals surface area (Å²) in [6, 6.07) is 12.2. The molecule has 30 heavy (non-hydrogen) atoms. The van der Waals surface area contributed by atoms with Crippen LogP contribution in [0.2, 0.25) is 0 Å². The van der Waals surface area contributed by atoms with Crippen LogP contribution in [-0.4, -0.2) is 31.8 Å². The van der Waals surface area contributed by atoms with Crippen molar-refractivity contribution in [3.05, 3.63) is 59.3 Å². The molecule has 7 nitrogen and oxygen atoms in total. The minimum Gasteiger partial charge on any atom is -0.497 e. The van der Waals surface area contributed by atoms with Crippen LogP contribution in [0.3, 0.4) is 0 Å². The number of thiocarbonyl (C=S) groups is 1. The molecule has 1 amide bonds. The van der Waals surface area contributed by atoms with E-state index in [1.165, 1.54) is 0 Å². The first-order valence-corrected chi connectivity index (χ1v) is 9.92. The lowest BCUT2D eigenvalue weighted by Gasteiger charge is -2.31. The fourth-order valence-electron chi connectivity index (χ4n) is 3.28. The predicted octanol–water partition coefficient (Wildman–Crippen LogP) is 3.53. The highest BCUT2D eigenvalue weighted by atomic mass is 32.1. The van der Waals surface area contributed by atoms with Gasteiger partial charge in [-0.05, 0) is 62.5 Å².